The number of urea groups is 1. The van der Waals surface area contributed by atoms with E-state index in [0.29, 0.717) is 9.78 Å². The van der Waals surface area contributed by atoms with Crippen LogP contribution >= 0.6 is 11.3 Å². The lowest BCUT2D eigenvalue weighted by molar-refractivity contribution is -0.130. The number of amides is 3. The third-order valence-corrected chi connectivity index (χ3v) is 5.10. The molecule has 0 saturated carbocycles. The van der Waals surface area contributed by atoms with Gasteiger partial charge in [0.1, 0.15) is 17.2 Å². The number of ketones is 1. The van der Waals surface area contributed by atoms with Crippen LogP contribution in [0.1, 0.15) is 27.0 Å². The van der Waals surface area contributed by atoms with Gasteiger partial charge in [-0.15, -0.1) is 11.3 Å². The Labute approximate surface area is 146 Å². The first-order valence-corrected chi connectivity index (χ1v) is 8.24. The maximum atomic E-state index is 14.1. The van der Waals surface area contributed by atoms with Gasteiger partial charge < -0.3 is 5.32 Å². The van der Waals surface area contributed by atoms with E-state index in [4.69, 9.17) is 0 Å². The van der Waals surface area contributed by atoms with E-state index in [0.717, 1.165) is 17.0 Å². The summed E-state index contributed by atoms with van der Waals surface area (Å²) < 4.78 is 28.2. The zero-order valence-electron chi connectivity index (χ0n) is 13.4. The third-order valence-electron chi connectivity index (χ3n) is 4.05. The van der Waals surface area contributed by atoms with Crippen LogP contribution < -0.4 is 5.32 Å². The van der Waals surface area contributed by atoms with Crippen LogP contribution in [0.15, 0.2) is 30.3 Å². The third kappa shape index (κ3) is 2.82. The summed E-state index contributed by atoms with van der Waals surface area (Å²) in [4.78, 5) is 39.1. The summed E-state index contributed by atoms with van der Waals surface area (Å²) >= 11 is 1.24. The van der Waals surface area contributed by atoms with E-state index in [1.807, 2.05) is 6.92 Å². The Bertz CT molecular complexity index is 876. The topological polar surface area (TPSA) is 66.5 Å². The number of carbonyl (C=O) groups excluding carboxylic acids is 3. The van der Waals surface area contributed by atoms with Gasteiger partial charge in [-0.05, 0) is 38.1 Å². The molecular formula is C17H14F2N2O3S. The standard InChI is InChI=1S/C17H14F2N2O3S/c1-9-6-7-13(25-9)12(22)8-21-15(23)17(2,20-16(21)24)14-10(18)4-3-5-11(14)19/h3-7H,8H2,1-2H3,(H,20,24). The summed E-state index contributed by atoms with van der Waals surface area (Å²) in [7, 11) is 0. The highest BCUT2D eigenvalue weighted by Crippen LogP contribution is 2.32. The minimum atomic E-state index is -1.90. The lowest BCUT2D eigenvalue weighted by Crippen LogP contribution is -2.43. The molecule has 3 amide bonds. The Morgan fingerprint density at radius 3 is 2.40 bits per heavy atom. The molecule has 1 aliphatic heterocycles. The van der Waals surface area contributed by atoms with Crippen molar-refractivity contribution in [3.8, 4) is 0 Å². The Kier molecular flexibility index (Phi) is 4.16. The van der Waals surface area contributed by atoms with Crippen molar-refractivity contribution in [2.24, 2.45) is 0 Å². The molecule has 25 heavy (non-hydrogen) atoms. The summed E-state index contributed by atoms with van der Waals surface area (Å²) in [6.07, 6.45) is 0. The van der Waals surface area contributed by atoms with Crippen molar-refractivity contribution < 1.29 is 23.2 Å². The molecule has 1 aromatic carbocycles. The molecular weight excluding hydrogens is 350 g/mol. The summed E-state index contributed by atoms with van der Waals surface area (Å²) in [5.74, 6) is -3.18. The molecule has 5 nitrogen and oxygen atoms in total. The highest BCUT2D eigenvalue weighted by molar-refractivity contribution is 7.14. The predicted molar refractivity (Wildman–Crippen MR) is 87.3 cm³/mol. The second-order valence-corrected chi connectivity index (χ2v) is 7.16. The second kappa shape index (κ2) is 6.03. The fraction of sp³-hybridized carbons (Fsp3) is 0.235. The van der Waals surface area contributed by atoms with E-state index < -0.39 is 47.0 Å². The Morgan fingerprint density at radius 2 is 1.84 bits per heavy atom. The van der Waals surface area contributed by atoms with Gasteiger partial charge in [0.05, 0.1) is 17.0 Å². The second-order valence-electron chi connectivity index (χ2n) is 5.88. The van der Waals surface area contributed by atoms with E-state index in [2.05, 4.69) is 5.32 Å². The number of nitrogens with zero attached hydrogens (tertiary/aromatic N) is 1. The molecule has 1 atom stereocenters. The number of benzene rings is 1. The quantitative estimate of drug-likeness (QED) is 0.670. The lowest BCUT2D eigenvalue weighted by atomic mass is 9.91. The molecule has 130 valence electrons. The highest BCUT2D eigenvalue weighted by atomic mass is 32.1. The number of thiophene rings is 1. The first-order valence-electron chi connectivity index (χ1n) is 7.42. The zero-order chi connectivity index (χ0) is 18.4. The number of halogens is 2. The normalized spacial score (nSPS) is 20.1. The van der Waals surface area contributed by atoms with Gasteiger partial charge in [0.2, 0.25) is 0 Å². The van der Waals surface area contributed by atoms with Gasteiger partial charge in [-0.25, -0.2) is 13.6 Å². The van der Waals surface area contributed by atoms with Gasteiger partial charge in [0.15, 0.2) is 5.78 Å². The first kappa shape index (κ1) is 17.2. The largest absolute Gasteiger partial charge is 0.325 e. The molecule has 2 aromatic rings. The van der Waals surface area contributed by atoms with Crippen LogP contribution in [0.4, 0.5) is 13.6 Å². The fourth-order valence-electron chi connectivity index (χ4n) is 2.79. The molecule has 1 unspecified atom stereocenters. The molecule has 0 spiro atoms. The number of hydrogen-bond donors (Lipinski definition) is 1. The van der Waals surface area contributed by atoms with Crippen LogP contribution in [0.25, 0.3) is 0 Å². The molecule has 1 aromatic heterocycles. The molecule has 1 saturated heterocycles. The molecule has 0 bridgehead atoms. The smallest absolute Gasteiger partial charge is 0.319 e. The highest BCUT2D eigenvalue weighted by Gasteiger charge is 2.52. The number of aryl methyl sites for hydroxylation is 1. The molecule has 0 aliphatic carbocycles. The monoisotopic (exact) mass is 364 g/mol. The molecule has 2 heterocycles. The Balaban J connectivity index is 1.91. The van der Waals surface area contributed by atoms with Crippen LogP contribution in [0.5, 0.6) is 0 Å². The van der Waals surface area contributed by atoms with E-state index >= 15 is 0 Å². The first-order chi connectivity index (χ1) is 11.7. The number of carbonyl (C=O) groups is 3. The Morgan fingerprint density at radius 1 is 1.20 bits per heavy atom. The minimum Gasteiger partial charge on any atom is -0.319 e. The van der Waals surface area contributed by atoms with Crippen LogP contribution in [0.3, 0.4) is 0 Å². The number of imide groups is 1. The zero-order valence-corrected chi connectivity index (χ0v) is 14.2. The van der Waals surface area contributed by atoms with Gasteiger partial charge in [0.25, 0.3) is 5.91 Å². The van der Waals surface area contributed by atoms with Crippen molar-refractivity contribution in [2.75, 3.05) is 6.54 Å². The molecule has 1 aliphatic rings. The van der Waals surface area contributed by atoms with Crippen molar-refractivity contribution in [1.82, 2.24) is 10.2 Å². The van der Waals surface area contributed by atoms with Gasteiger partial charge in [-0.1, -0.05) is 6.07 Å². The summed E-state index contributed by atoms with van der Waals surface area (Å²) in [5.41, 5.74) is -2.45. The molecule has 1 N–H and O–H groups in total. The van der Waals surface area contributed by atoms with Crippen molar-refractivity contribution in [1.29, 1.82) is 0 Å². The van der Waals surface area contributed by atoms with Crippen molar-refractivity contribution in [3.05, 3.63) is 57.3 Å². The van der Waals surface area contributed by atoms with Crippen LogP contribution in [-0.4, -0.2) is 29.2 Å². The minimum absolute atomic E-state index is 0.406. The number of nitrogens with one attached hydrogen (secondary N) is 1. The van der Waals surface area contributed by atoms with Crippen molar-refractivity contribution in [2.45, 2.75) is 19.4 Å². The number of Topliss-reactive ketones (excluding diaryl/α,β-unsaturated/α-hetero) is 1. The maximum Gasteiger partial charge on any atom is 0.325 e. The molecule has 1 fully saturated rings. The summed E-state index contributed by atoms with van der Waals surface area (Å²) in [6.45, 7) is 2.55. The molecule has 8 heteroatoms. The van der Waals surface area contributed by atoms with Crippen LogP contribution in [0, 0.1) is 18.6 Å². The van der Waals surface area contributed by atoms with E-state index in [1.165, 1.54) is 24.3 Å². The van der Waals surface area contributed by atoms with Crippen LogP contribution in [0.2, 0.25) is 0 Å². The molecule has 3 rings (SSSR count). The maximum absolute atomic E-state index is 14.1. The summed E-state index contributed by atoms with van der Waals surface area (Å²) in [6, 6.07) is 5.67. The van der Waals surface area contributed by atoms with E-state index in [-0.39, 0.29) is 0 Å². The van der Waals surface area contributed by atoms with E-state index in [9.17, 15) is 23.2 Å². The van der Waals surface area contributed by atoms with Crippen molar-refractivity contribution in [3.63, 3.8) is 0 Å². The van der Waals surface area contributed by atoms with Gasteiger partial charge in [0, 0.05) is 4.88 Å². The molecule has 0 radical (unpaired) electrons. The van der Waals surface area contributed by atoms with Gasteiger partial charge in [-0.2, -0.15) is 0 Å². The lowest BCUT2D eigenvalue weighted by Gasteiger charge is -2.23. The Hall–Kier alpha value is -2.61. The van der Waals surface area contributed by atoms with Gasteiger partial charge >= 0.3 is 6.03 Å². The SMILES string of the molecule is Cc1ccc(C(=O)CN2C(=O)NC(C)(c3c(F)cccc3F)C2=O)s1. The fourth-order valence-corrected chi connectivity index (χ4v) is 3.59. The van der Waals surface area contributed by atoms with Gasteiger partial charge in [-0.3, -0.25) is 14.5 Å². The average molecular weight is 364 g/mol. The average Bonchev–Trinajstić information content (AvgIpc) is 3.05. The number of hydrogen-bond acceptors (Lipinski definition) is 4. The van der Waals surface area contributed by atoms with Crippen molar-refractivity contribution >= 4 is 29.1 Å². The summed E-state index contributed by atoms with van der Waals surface area (Å²) in [5, 5.41) is 2.30. The van der Waals surface area contributed by atoms with Crippen LogP contribution in [-0.2, 0) is 10.3 Å². The number of rotatable bonds is 4. The predicted octanol–water partition coefficient (Wildman–Crippen LogP) is 2.98. The van der Waals surface area contributed by atoms with E-state index in [1.54, 1.807) is 12.1 Å².